The summed E-state index contributed by atoms with van der Waals surface area (Å²) in [6, 6.07) is 5.62. The molecule has 1 aliphatic heterocycles. The van der Waals surface area contributed by atoms with Crippen molar-refractivity contribution in [2.24, 2.45) is 0 Å². The monoisotopic (exact) mass is 296 g/mol. The summed E-state index contributed by atoms with van der Waals surface area (Å²) >= 11 is 0. The van der Waals surface area contributed by atoms with Crippen molar-refractivity contribution in [3.05, 3.63) is 29.3 Å². The maximum absolute atomic E-state index is 12.7. The first-order chi connectivity index (χ1) is 9.45. The largest absolute Gasteiger partial charge is 0.301 e. The molecule has 0 aliphatic carbocycles. The van der Waals surface area contributed by atoms with E-state index in [4.69, 9.17) is 0 Å². The summed E-state index contributed by atoms with van der Waals surface area (Å²) in [6.07, 6.45) is 1.11. The SMILES string of the molecule is CCCN1CCN(S(=O)(=O)c2cc(C)ccc2C)CC1. The van der Waals surface area contributed by atoms with Gasteiger partial charge in [0.2, 0.25) is 10.0 Å². The van der Waals surface area contributed by atoms with Crippen LogP contribution in [0, 0.1) is 13.8 Å². The lowest BCUT2D eigenvalue weighted by Gasteiger charge is -2.34. The van der Waals surface area contributed by atoms with Gasteiger partial charge in [0.15, 0.2) is 0 Å². The zero-order valence-corrected chi connectivity index (χ0v) is 13.4. The molecular formula is C15H24N2O2S. The molecule has 1 aliphatic rings. The van der Waals surface area contributed by atoms with Crippen LogP contribution in [0.5, 0.6) is 0 Å². The van der Waals surface area contributed by atoms with E-state index in [1.807, 2.05) is 26.0 Å². The van der Waals surface area contributed by atoms with Crippen molar-refractivity contribution in [3.63, 3.8) is 0 Å². The third-order valence-electron chi connectivity index (χ3n) is 3.83. The Bertz CT molecular complexity index is 561. The minimum absolute atomic E-state index is 0.460. The van der Waals surface area contributed by atoms with Crippen LogP contribution in [0.15, 0.2) is 23.1 Å². The molecule has 0 atom stereocenters. The first-order valence-electron chi connectivity index (χ1n) is 7.25. The Kier molecular flexibility index (Phi) is 4.83. The molecule has 1 heterocycles. The Morgan fingerprint density at radius 1 is 1.10 bits per heavy atom. The Hall–Kier alpha value is -0.910. The van der Waals surface area contributed by atoms with Crippen LogP contribution in [0.1, 0.15) is 24.5 Å². The summed E-state index contributed by atoms with van der Waals surface area (Å²) < 4.78 is 27.1. The van der Waals surface area contributed by atoms with Crippen molar-refractivity contribution in [3.8, 4) is 0 Å². The third-order valence-corrected chi connectivity index (χ3v) is 5.87. The van der Waals surface area contributed by atoms with Gasteiger partial charge in [0.25, 0.3) is 0 Å². The molecule has 20 heavy (non-hydrogen) atoms. The lowest BCUT2D eigenvalue weighted by atomic mass is 10.2. The van der Waals surface area contributed by atoms with Gasteiger partial charge in [0, 0.05) is 26.2 Å². The molecule has 5 heteroatoms. The number of rotatable bonds is 4. The van der Waals surface area contributed by atoms with Crippen LogP contribution in [0.4, 0.5) is 0 Å². The Morgan fingerprint density at radius 3 is 2.35 bits per heavy atom. The lowest BCUT2D eigenvalue weighted by molar-refractivity contribution is 0.188. The summed E-state index contributed by atoms with van der Waals surface area (Å²) in [5, 5.41) is 0. The number of sulfonamides is 1. The lowest BCUT2D eigenvalue weighted by Crippen LogP contribution is -2.48. The molecule has 2 rings (SSSR count). The van der Waals surface area contributed by atoms with Gasteiger partial charge in [0.05, 0.1) is 4.90 Å². The topological polar surface area (TPSA) is 40.6 Å². The molecule has 0 spiro atoms. The predicted octanol–water partition coefficient (Wildman–Crippen LogP) is 2.02. The molecular weight excluding hydrogens is 272 g/mol. The molecule has 0 N–H and O–H groups in total. The molecule has 4 nitrogen and oxygen atoms in total. The first-order valence-corrected chi connectivity index (χ1v) is 8.69. The van der Waals surface area contributed by atoms with Gasteiger partial charge in [0.1, 0.15) is 0 Å². The number of hydrogen-bond acceptors (Lipinski definition) is 3. The third kappa shape index (κ3) is 3.22. The minimum Gasteiger partial charge on any atom is -0.301 e. The summed E-state index contributed by atoms with van der Waals surface area (Å²) in [4.78, 5) is 2.79. The summed E-state index contributed by atoms with van der Waals surface area (Å²) in [5.41, 5.74) is 1.81. The van der Waals surface area contributed by atoms with Gasteiger partial charge in [-0.3, -0.25) is 0 Å². The van der Waals surface area contributed by atoms with Gasteiger partial charge in [-0.15, -0.1) is 0 Å². The van der Waals surface area contributed by atoms with E-state index in [2.05, 4.69) is 11.8 Å². The van der Waals surface area contributed by atoms with E-state index in [1.54, 1.807) is 10.4 Å². The maximum atomic E-state index is 12.7. The zero-order chi connectivity index (χ0) is 14.8. The number of piperazine rings is 1. The Balaban J connectivity index is 2.18. The molecule has 1 aromatic rings. The van der Waals surface area contributed by atoms with Gasteiger partial charge >= 0.3 is 0 Å². The number of aryl methyl sites for hydroxylation is 2. The van der Waals surface area contributed by atoms with Crippen LogP contribution in [0.2, 0.25) is 0 Å². The summed E-state index contributed by atoms with van der Waals surface area (Å²) in [5.74, 6) is 0. The molecule has 0 aromatic heterocycles. The van der Waals surface area contributed by atoms with E-state index >= 15 is 0 Å². The van der Waals surface area contributed by atoms with Crippen molar-refractivity contribution < 1.29 is 8.42 Å². The summed E-state index contributed by atoms with van der Waals surface area (Å²) in [7, 11) is -3.35. The molecule has 1 saturated heterocycles. The normalized spacial score (nSPS) is 18.4. The second-order valence-electron chi connectivity index (χ2n) is 5.51. The molecule has 0 bridgehead atoms. The van der Waals surface area contributed by atoms with Crippen LogP contribution < -0.4 is 0 Å². The highest BCUT2D eigenvalue weighted by atomic mass is 32.2. The van der Waals surface area contributed by atoms with Gasteiger partial charge in [-0.1, -0.05) is 19.1 Å². The highest BCUT2D eigenvalue weighted by molar-refractivity contribution is 7.89. The zero-order valence-electron chi connectivity index (χ0n) is 12.6. The fourth-order valence-corrected chi connectivity index (χ4v) is 4.37. The van der Waals surface area contributed by atoms with E-state index in [-0.39, 0.29) is 0 Å². The van der Waals surface area contributed by atoms with Crippen LogP contribution in [0.25, 0.3) is 0 Å². The average Bonchev–Trinajstić information content (AvgIpc) is 2.42. The number of hydrogen-bond donors (Lipinski definition) is 0. The molecule has 0 amide bonds. The number of benzene rings is 1. The van der Waals surface area contributed by atoms with Crippen molar-refractivity contribution in [1.29, 1.82) is 0 Å². The van der Waals surface area contributed by atoms with Gasteiger partial charge in [-0.25, -0.2) is 8.42 Å². The summed E-state index contributed by atoms with van der Waals surface area (Å²) in [6.45, 7) is 9.84. The molecule has 0 unspecified atom stereocenters. The quantitative estimate of drug-likeness (QED) is 0.853. The van der Waals surface area contributed by atoms with E-state index in [1.165, 1.54) is 0 Å². The van der Waals surface area contributed by atoms with Crippen LogP contribution in [-0.4, -0.2) is 50.3 Å². The van der Waals surface area contributed by atoms with E-state index < -0.39 is 10.0 Å². The van der Waals surface area contributed by atoms with E-state index in [0.29, 0.717) is 18.0 Å². The first kappa shape index (κ1) is 15.5. The fourth-order valence-electron chi connectivity index (χ4n) is 2.63. The second-order valence-corrected chi connectivity index (χ2v) is 7.42. The van der Waals surface area contributed by atoms with Crippen LogP contribution >= 0.6 is 0 Å². The average molecular weight is 296 g/mol. The van der Waals surface area contributed by atoms with Gasteiger partial charge < -0.3 is 4.90 Å². The molecule has 1 fully saturated rings. The Labute approximate surface area is 122 Å². The molecule has 0 radical (unpaired) electrons. The Morgan fingerprint density at radius 2 is 1.75 bits per heavy atom. The van der Waals surface area contributed by atoms with E-state index in [9.17, 15) is 8.42 Å². The van der Waals surface area contributed by atoms with Crippen molar-refractivity contribution in [2.45, 2.75) is 32.1 Å². The number of nitrogens with zero attached hydrogens (tertiary/aromatic N) is 2. The molecule has 112 valence electrons. The van der Waals surface area contributed by atoms with Crippen LogP contribution in [0.3, 0.4) is 0 Å². The van der Waals surface area contributed by atoms with Crippen molar-refractivity contribution >= 4 is 10.0 Å². The highest BCUT2D eigenvalue weighted by Gasteiger charge is 2.29. The van der Waals surface area contributed by atoms with Gasteiger partial charge in [-0.05, 0) is 44.0 Å². The van der Waals surface area contributed by atoms with Gasteiger partial charge in [-0.2, -0.15) is 4.31 Å². The van der Waals surface area contributed by atoms with E-state index in [0.717, 1.165) is 37.2 Å². The minimum atomic E-state index is -3.35. The van der Waals surface area contributed by atoms with Crippen molar-refractivity contribution in [1.82, 2.24) is 9.21 Å². The predicted molar refractivity (Wildman–Crippen MR) is 81.4 cm³/mol. The highest BCUT2D eigenvalue weighted by Crippen LogP contribution is 2.22. The molecule has 0 saturated carbocycles. The van der Waals surface area contributed by atoms with Crippen LogP contribution in [-0.2, 0) is 10.0 Å². The fraction of sp³-hybridized carbons (Fsp3) is 0.600. The standard InChI is InChI=1S/C15H24N2O2S/c1-4-7-16-8-10-17(11-9-16)20(18,19)15-12-13(2)5-6-14(15)3/h5-6,12H,4,7-11H2,1-3H3. The molecule has 1 aromatic carbocycles. The smallest absolute Gasteiger partial charge is 0.243 e. The van der Waals surface area contributed by atoms with Crippen molar-refractivity contribution in [2.75, 3.05) is 32.7 Å². The second kappa shape index (κ2) is 6.24. The maximum Gasteiger partial charge on any atom is 0.243 e.